The lowest BCUT2D eigenvalue weighted by Crippen LogP contribution is -2.36. The molecule has 0 saturated heterocycles. The number of hydrogen-bond donors (Lipinski definition) is 2. The highest BCUT2D eigenvalue weighted by atomic mass is 16.2. The number of benzene rings is 1. The lowest BCUT2D eigenvalue weighted by molar-refractivity contribution is 0.713. The molecule has 2 aromatic heterocycles. The Labute approximate surface area is 114 Å². The van der Waals surface area contributed by atoms with Crippen molar-refractivity contribution in [2.75, 3.05) is 5.32 Å². The molecule has 0 atom stereocenters. The van der Waals surface area contributed by atoms with Crippen LogP contribution in [0.4, 0.5) is 11.5 Å². The molecule has 20 heavy (non-hydrogen) atoms. The number of rotatable bonds is 2. The Kier molecular flexibility index (Phi) is 2.71. The number of nitrogens with zero attached hydrogens (tertiary/aromatic N) is 2. The highest BCUT2D eigenvalue weighted by Crippen LogP contribution is 2.18. The van der Waals surface area contributed by atoms with Crippen molar-refractivity contribution in [2.24, 2.45) is 14.1 Å². The molecule has 0 aliphatic heterocycles. The molecule has 1 aromatic carbocycles. The summed E-state index contributed by atoms with van der Waals surface area (Å²) in [6, 6.07) is 11.4. The van der Waals surface area contributed by atoms with Crippen LogP contribution in [0.1, 0.15) is 0 Å². The van der Waals surface area contributed by atoms with Gasteiger partial charge in [0.1, 0.15) is 11.3 Å². The Morgan fingerprint density at radius 2 is 1.75 bits per heavy atom. The lowest BCUT2D eigenvalue weighted by atomic mass is 10.3. The van der Waals surface area contributed by atoms with Gasteiger partial charge >= 0.3 is 5.69 Å². The van der Waals surface area contributed by atoms with Gasteiger partial charge < -0.3 is 10.3 Å². The van der Waals surface area contributed by atoms with Crippen LogP contribution in [-0.2, 0) is 14.1 Å². The van der Waals surface area contributed by atoms with Crippen molar-refractivity contribution in [1.29, 1.82) is 0 Å². The standard InChI is InChI=1S/C14H14N4O2/c1-17-10-8-11(15-9-6-4-3-5-7-9)16-12(10)13(19)18(2)14(17)20/h3-8,15-16H,1-2H3. The molecule has 3 aromatic rings. The molecular formula is C14H14N4O2. The van der Waals surface area contributed by atoms with E-state index < -0.39 is 0 Å². The van der Waals surface area contributed by atoms with Gasteiger partial charge in [-0.15, -0.1) is 0 Å². The summed E-state index contributed by atoms with van der Waals surface area (Å²) in [7, 11) is 3.11. The topological polar surface area (TPSA) is 71.8 Å². The number of para-hydroxylation sites is 1. The summed E-state index contributed by atoms with van der Waals surface area (Å²) in [5.41, 5.74) is 1.22. The smallest absolute Gasteiger partial charge is 0.331 e. The number of aromatic amines is 1. The first-order valence-electron chi connectivity index (χ1n) is 6.19. The average molecular weight is 270 g/mol. The summed E-state index contributed by atoms with van der Waals surface area (Å²) < 4.78 is 2.54. The number of nitrogens with one attached hydrogen (secondary N) is 2. The van der Waals surface area contributed by atoms with Gasteiger partial charge in [-0.1, -0.05) is 18.2 Å². The summed E-state index contributed by atoms with van der Waals surface area (Å²) in [4.78, 5) is 26.9. The number of hydrogen-bond acceptors (Lipinski definition) is 3. The van der Waals surface area contributed by atoms with Gasteiger partial charge in [0.2, 0.25) is 0 Å². The molecule has 2 N–H and O–H groups in total. The van der Waals surface area contributed by atoms with E-state index in [1.807, 2.05) is 30.3 Å². The van der Waals surface area contributed by atoms with Gasteiger partial charge in [0.05, 0.1) is 5.52 Å². The van der Waals surface area contributed by atoms with Crippen molar-refractivity contribution >= 4 is 22.5 Å². The Bertz CT molecular complexity index is 887. The van der Waals surface area contributed by atoms with Gasteiger partial charge in [-0.25, -0.2) is 4.79 Å². The molecule has 2 heterocycles. The Morgan fingerprint density at radius 1 is 1.05 bits per heavy atom. The number of H-pyrrole nitrogens is 1. The summed E-state index contributed by atoms with van der Waals surface area (Å²) in [6.07, 6.45) is 0. The van der Waals surface area contributed by atoms with E-state index in [0.29, 0.717) is 16.9 Å². The third-order valence-electron chi connectivity index (χ3n) is 3.30. The minimum absolute atomic E-state index is 0.329. The zero-order valence-corrected chi connectivity index (χ0v) is 11.2. The first-order chi connectivity index (χ1) is 9.58. The maximum absolute atomic E-state index is 12.1. The second-order valence-electron chi connectivity index (χ2n) is 4.64. The molecule has 0 saturated carbocycles. The molecule has 0 fully saturated rings. The van der Waals surface area contributed by atoms with E-state index in [-0.39, 0.29) is 11.2 Å². The van der Waals surface area contributed by atoms with Gasteiger partial charge in [0.15, 0.2) is 0 Å². The Hall–Kier alpha value is -2.76. The molecule has 0 radical (unpaired) electrons. The van der Waals surface area contributed by atoms with Crippen LogP contribution in [0.5, 0.6) is 0 Å². The van der Waals surface area contributed by atoms with Crippen molar-refractivity contribution in [3.05, 3.63) is 57.2 Å². The molecule has 102 valence electrons. The fraction of sp³-hybridized carbons (Fsp3) is 0.143. The van der Waals surface area contributed by atoms with Gasteiger partial charge in [-0.05, 0) is 12.1 Å². The second-order valence-corrected chi connectivity index (χ2v) is 4.64. The van der Waals surface area contributed by atoms with Gasteiger partial charge in [-0.3, -0.25) is 13.9 Å². The van der Waals surface area contributed by atoms with Crippen LogP contribution in [0, 0.1) is 0 Å². The average Bonchev–Trinajstić information content (AvgIpc) is 2.88. The van der Waals surface area contributed by atoms with E-state index in [9.17, 15) is 9.59 Å². The fourth-order valence-corrected chi connectivity index (χ4v) is 2.20. The fourth-order valence-electron chi connectivity index (χ4n) is 2.20. The van der Waals surface area contributed by atoms with Crippen LogP contribution in [-0.4, -0.2) is 14.1 Å². The summed E-state index contributed by atoms with van der Waals surface area (Å²) >= 11 is 0. The number of fused-ring (bicyclic) bond motifs is 1. The predicted octanol–water partition coefficient (Wildman–Crippen LogP) is 1.31. The van der Waals surface area contributed by atoms with Crippen molar-refractivity contribution < 1.29 is 0 Å². The van der Waals surface area contributed by atoms with Crippen molar-refractivity contribution in [1.82, 2.24) is 14.1 Å². The van der Waals surface area contributed by atoms with Crippen LogP contribution in [0.2, 0.25) is 0 Å². The van der Waals surface area contributed by atoms with Crippen LogP contribution in [0.3, 0.4) is 0 Å². The zero-order valence-electron chi connectivity index (χ0n) is 11.2. The monoisotopic (exact) mass is 270 g/mol. The summed E-state index contributed by atoms with van der Waals surface area (Å²) in [5, 5.41) is 3.17. The summed E-state index contributed by atoms with van der Waals surface area (Å²) in [5.74, 6) is 0.671. The van der Waals surface area contributed by atoms with Crippen molar-refractivity contribution in [3.8, 4) is 0 Å². The highest BCUT2D eigenvalue weighted by Gasteiger charge is 2.11. The Morgan fingerprint density at radius 3 is 2.45 bits per heavy atom. The largest absolute Gasteiger partial charge is 0.342 e. The Balaban J connectivity index is 2.17. The number of aromatic nitrogens is 3. The molecular weight excluding hydrogens is 256 g/mol. The normalized spacial score (nSPS) is 10.9. The van der Waals surface area contributed by atoms with E-state index in [2.05, 4.69) is 10.3 Å². The molecule has 0 unspecified atom stereocenters. The first-order valence-corrected chi connectivity index (χ1v) is 6.19. The van der Waals surface area contributed by atoms with Gasteiger partial charge in [-0.2, -0.15) is 0 Å². The molecule has 0 bridgehead atoms. The SMILES string of the molecule is Cn1c(=O)c2[nH]c(Nc3ccccc3)cc2n(C)c1=O. The zero-order chi connectivity index (χ0) is 14.3. The molecule has 0 aliphatic rings. The second kappa shape index (κ2) is 4.41. The van der Waals surface area contributed by atoms with E-state index in [1.54, 1.807) is 13.1 Å². The first kappa shape index (κ1) is 12.3. The summed E-state index contributed by atoms with van der Waals surface area (Å²) in [6.45, 7) is 0. The minimum atomic E-state index is -0.340. The van der Waals surface area contributed by atoms with Crippen LogP contribution in [0.15, 0.2) is 46.0 Å². The van der Waals surface area contributed by atoms with E-state index in [0.717, 1.165) is 10.3 Å². The van der Waals surface area contributed by atoms with Crippen molar-refractivity contribution in [3.63, 3.8) is 0 Å². The lowest BCUT2D eigenvalue weighted by Gasteiger charge is -2.02. The molecule has 6 nitrogen and oxygen atoms in total. The molecule has 6 heteroatoms. The molecule has 3 rings (SSSR count). The van der Waals surface area contributed by atoms with Gasteiger partial charge in [0, 0.05) is 25.8 Å². The van der Waals surface area contributed by atoms with Gasteiger partial charge in [0.25, 0.3) is 5.56 Å². The number of anilines is 2. The quantitative estimate of drug-likeness (QED) is 0.737. The maximum atomic E-state index is 12.1. The third-order valence-corrected chi connectivity index (χ3v) is 3.30. The van der Waals surface area contributed by atoms with E-state index in [4.69, 9.17) is 0 Å². The number of aryl methyl sites for hydroxylation is 1. The minimum Gasteiger partial charge on any atom is -0.342 e. The van der Waals surface area contributed by atoms with Crippen LogP contribution < -0.4 is 16.6 Å². The predicted molar refractivity (Wildman–Crippen MR) is 78.5 cm³/mol. The molecule has 0 aliphatic carbocycles. The highest BCUT2D eigenvalue weighted by molar-refractivity contribution is 5.81. The molecule has 0 spiro atoms. The third kappa shape index (κ3) is 1.82. The van der Waals surface area contributed by atoms with Crippen molar-refractivity contribution in [2.45, 2.75) is 0 Å². The molecule has 0 amide bonds. The maximum Gasteiger partial charge on any atom is 0.331 e. The van der Waals surface area contributed by atoms with E-state index in [1.165, 1.54) is 11.6 Å². The van der Waals surface area contributed by atoms with Crippen LogP contribution >= 0.6 is 0 Å². The van der Waals surface area contributed by atoms with Crippen LogP contribution in [0.25, 0.3) is 11.0 Å². The van der Waals surface area contributed by atoms with E-state index >= 15 is 0 Å².